The molecule has 7 heteroatoms. The summed E-state index contributed by atoms with van der Waals surface area (Å²) in [4.78, 5) is 10.7. The van der Waals surface area contributed by atoms with Gasteiger partial charge in [-0.15, -0.1) is 0 Å². The number of hydrogen-bond donors (Lipinski definition) is 2. The van der Waals surface area contributed by atoms with E-state index in [9.17, 15) is 4.79 Å². The van der Waals surface area contributed by atoms with Crippen LogP contribution in [0.15, 0.2) is 6.07 Å². The molecule has 1 atom stereocenters. The highest BCUT2D eigenvalue weighted by molar-refractivity contribution is 6.32. The molecule has 0 spiro atoms. The highest BCUT2D eigenvalue weighted by atomic mass is 35.5. The summed E-state index contributed by atoms with van der Waals surface area (Å²) in [6, 6.07) is 0.968. The Bertz CT molecular complexity index is 492. The molecule has 0 aromatic heterocycles. The van der Waals surface area contributed by atoms with Crippen molar-refractivity contribution in [2.45, 2.75) is 18.9 Å². The summed E-state index contributed by atoms with van der Waals surface area (Å²) in [6.45, 7) is 0. The van der Waals surface area contributed by atoms with E-state index >= 15 is 0 Å². The lowest BCUT2D eigenvalue weighted by Gasteiger charge is -2.21. The smallest absolute Gasteiger partial charge is 0.303 e. The number of benzene rings is 1. The lowest BCUT2D eigenvalue weighted by Crippen LogP contribution is -2.15. The zero-order valence-electron chi connectivity index (χ0n) is 11.6. The summed E-state index contributed by atoms with van der Waals surface area (Å²) in [5, 5.41) is 9.07. The van der Waals surface area contributed by atoms with Gasteiger partial charge in [0.2, 0.25) is 0 Å². The van der Waals surface area contributed by atoms with Crippen LogP contribution < -0.4 is 19.9 Å². The Balaban J connectivity index is 3.31. The van der Waals surface area contributed by atoms with Crippen LogP contribution >= 0.6 is 11.6 Å². The first-order valence-corrected chi connectivity index (χ1v) is 6.29. The molecule has 0 saturated heterocycles. The minimum atomic E-state index is -0.924. The van der Waals surface area contributed by atoms with Crippen molar-refractivity contribution in [3.8, 4) is 17.2 Å². The van der Waals surface area contributed by atoms with E-state index in [0.717, 1.165) is 0 Å². The molecule has 0 aliphatic carbocycles. The molecule has 6 nitrogen and oxygen atoms in total. The molecule has 0 aliphatic rings. The van der Waals surface area contributed by atoms with Crippen molar-refractivity contribution in [3.63, 3.8) is 0 Å². The first kappa shape index (κ1) is 16.4. The Hall–Kier alpha value is -1.66. The first-order chi connectivity index (χ1) is 9.46. The maximum absolute atomic E-state index is 10.7. The summed E-state index contributed by atoms with van der Waals surface area (Å²) in [5.41, 5.74) is 6.55. The summed E-state index contributed by atoms with van der Waals surface area (Å²) in [6.07, 6.45) is 0.161. The molecule has 112 valence electrons. The normalized spacial score (nSPS) is 11.8. The van der Waals surface area contributed by atoms with E-state index < -0.39 is 12.0 Å². The fourth-order valence-electron chi connectivity index (χ4n) is 1.94. The molecule has 1 aromatic rings. The van der Waals surface area contributed by atoms with E-state index in [2.05, 4.69) is 0 Å². The number of ether oxygens (including phenoxy) is 3. The molecular weight excluding hydrogens is 286 g/mol. The lowest BCUT2D eigenvalue weighted by molar-refractivity contribution is -0.137. The van der Waals surface area contributed by atoms with Crippen LogP contribution in [0.3, 0.4) is 0 Å². The number of rotatable bonds is 7. The van der Waals surface area contributed by atoms with Gasteiger partial charge in [-0.25, -0.2) is 0 Å². The van der Waals surface area contributed by atoms with Gasteiger partial charge in [0.05, 0.1) is 31.9 Å². The minimum Gasteiger partial charge on any atom is -0.495 e. The average molecular weight is 304 g/mol. The number of carboxylic acids is 1. The van der Waals surface area contributed by atoms with Crippen LogP contribution in [0.4, 0.5) is 0 Å². The quantitative estimate of drug-likeness (QED) is 0.802. The zero-order valence-corrected chi connectivity index (χ0v) is 12.4. The second-order valence-corrected chi connectivity index (χ2v) is 4.49. The van der Waals surface area contributed by atoms with Gasteiger partial charge >= 0.3 is 5.97 Å². The fraction of sp³-hybridized carbons (Fsp3) is 0.462. The topological polar surface area (TPSA) is 91.0 Å². The van der Waals surface area contributed by atoms with Gasteiger partial charge in [-0.2, -0.15) is 0 Å². The van der Waals surface area contributed by atoms with E-state index in [0.29, 0.717) is 27.8 Å². The standard InChI is InChI=1S/C13H18ClNO5/c1-18-9-6-7(14)12(19-2)11(13(9)20-3)8(15)4-5-10(16)17/h6,8H,4-5,15H2,1-3H3,(H,16,17). The molecular formula is C13H18ClNO5. The highest BCUT2D eigenvalue weighted by Gasteiger charge is 2.24. The molecule has 1 unspecified atom stereocenters. The van der Waals surface area contributed by atoms with E-state index in [-0.39, 0.29) is 12.8 Å². The number of methoxy groups -OCH3 is 3. The van der Waals surface area contributed by atoms with Crippen molar-refractivity contribution in [3.05, 3.63) is 16.7 Å². The monoisotopic (exact) mass is 303 g/mol. The Labute approximate surface area is 122 Å². The van der Waals surface area contributed by atoms with Crippen molar-refractivity contribution < 1.29 is 24.1 Å². The van der Waals surface area contributed by atoms with Crippen molar-refractivity contribution in [2.75, 3.05) is 21.3 Å². The van der Waals surface area contributed by atoms with E-state index in [1.54, 1.807) is 6.07 Å². The zero-order chi connectivity index (χ0) is 15.3. The van der Waals surface area contributed by atoms with E-state index in [4.69, 9.17) is 36.7 Å². The summed E-state index contributed by atoms with van der Waals surface area (Å²) >= 11 is 6.12. The predicted octanol–water partition coefficient (Wildman–Crippen LogP) is 2.23. The second kappa shape index (κ2) is 7.21. The minimum absolute atomic E-state index is 0.0672. The number of halogens is 1. The predicted molar refractivity (Wildman–Crippen MR) is 74.9 cm³/mol. The first-order valence-electron chi connectivity index (χ1n) is 5.91. The number of aliphatic carboxylic acids is 1. The van der Waals surface area contributed by atoms with E-state index in [1.165, 1.54) is 21.3 Å². The summed E-state index contributed by atoms with van der Waals surface area (Å²) < 4.78 is 15.7. The molecule has 0 amide bonds. The highest BCUT2D eigenvalue weighted by Crippen LogP contribution is 2.46. The van der Waals surface area contributed by atoms with Crippen LogP contribution in [-0.4, -0.2) is 32.4 Å². The van der Waals surface area contributed by atoms with Gasteiger partial charge in [0, 0.05) is 18.5 Å². The van der Waals surface area contributed by atoms with Crippen LogP contribution in [0.2, 0.25) is 5.02 Å². The van der Waals surface area contributed by atoms with Crippen LogP contribution in [0.25, 0.3) is 0 Å². The molecule has 0 saturated carbocycles. The lowest BCUT2D eigenvalue weighted by atomic mass is 10.00. The number of hydrogen-bond acceptors (Lipinski definition) is 5. The average Bonchev–Trinajstić information content (AvgIpc) is 2.43. The SMILES string of the molecule is COc1cc(Cl)c(OC)c(C(N)CCC(=O)O)c1OC. The summed E-state index contributed by atoms with van der Waals surface area (Å²) in [5.74, 6) is 0.250. The Kier molecular flexibility index (Phi) is 5.91. The molecule has 0 radical (unpaired) electrons. The van der Waals surface area contributed by atoms with Gasteiger partial charge in [0.1, 0.15) is 5.75 Å². The third-order valence-corrected chi connectivity index (χ3v) is 3.14. The Morgan fingerprint density at radius 1 is 1.30 bits per heavy atom. The van der Waals surface area contributed by atoms with Gasteiger partial charge in [0.25, 0.3) is 0 Å². The van der Waals surface area contributed by atoms with E-state index in [1.807, 2.05) is 0 Å². The Morgan fingerprint density at radius 3 is 2.35 bits per heavy atom. The molecule has 20 heavy (non-hydrogen) atoms. The number of nitrogens with two attached hydrogens (primary N) is 1. The largest absolute Gasteiger partial charge is 0.495 e. The third kappa shape index (κ3) is 3.46. The molecule has 0 aliphatic heterocycles. The van der Waals surface area contributed by atoms with Gasteiger partial charge in [-0.1, -0.05) is 11.6 Å². The van der Waals surface area contributed by atoms with Crippen molar-refractivity contribution in [2.24, 2.45) is 5.73 Å². The third-order valence-electron chi connectivity index (χ3n) is 2.86. The van der Waals surface area contributed by atoms with Gasteiger partial charge in [-0.05, 0) is 6.42 Å². The van der Waals surface area contributed by atoms with Crippen LogP contribution in [-0.2, 0) is 4.79 Å². The summed E-state index contributed by atoms with van der Waals surface area (Å²) in [7, 11) is 4.41. The Morgan fingerprint density at radius 2 is 1.90 bits per heavy atom. The fourth-order valence-corrected chi connectivity index (χ4v) is 2.22. The molecule has 3 N–H and O–H groups in total. The molecule has 0 bridgehead atoms. The van der Waals surface area contributed by atoms with Gasteiger partial charge in [0.15, 0.2) is 11.5 Å². The second-order valence-electron chi connectivity index (χ2n) is 4.08. The number of carbonyl (C=O) groups is 1. The molecule has 1 aromatic carbocycles. The van der Waals surface area contributed by atoms with Crippen molar-refractivity contribution in [1.29, 1.82) is 0 Å². The van der Waals surface area contributed by atoms with Crippen LogP contribution in [0.5, 0.6) is 17.2 Å². The van der Waals surface area contributed by atoms with Crippen LogP contribution in [0, 0.1) is 0 Å². The van der Waals surface area contributed by atoms with Gasteiger partial charge < -0.3 is 25.1 Å². The van der Waals surface area contributed by atoms with Crippen molar-refractivity contribution >= 4 is 17.6 Å². The maximum atomic E-state index is 10.7. The molecule has 0 fully saturated rings. The molecule has 1 rings (SSSR count). The van der Waals surface area contributed by atoms with Gasteiger partial charge in [-0.3, -0.25) is 4.79 Å². The maximum Gasteiger partial charge on any atom is 0.303 e. The van der Waals surface area contributed by atoms with Crippen molar-refractivity contribution in [1.82, 2.24) is 0 Å². The van der Waals surface area contributed by atoms with Crippen LogP contribution in [0.1, 0.15) is 24.4 Å². The molecule has 0 heterocycles. The number of carboxylic acid groups (broad SMARTS) is 1.